The highest BCUT2D eigenvalue weighted by Crippen LogP contribution is 2.36. The van der Waals surface area contributed by atoms with Crippen LogP contribution < -0.4 is 19.5 Å². The highest BCUT2D eigenvalue weighted by molar-refractivity contribution is 8.18. The minimum absolute atomic E-state index is 0.191. The molecule has 0 unspecified atom stereocenters. The number of methoxy groups -OCH3 is 1. The molecule has 0 aromatic heterocycles. The third-order valence-corrected chi connectivity index (χ3v) is 7.29. The number of nitrogens with one attached hydrogen (secondary N) is 1. The van der Waals surface area contributed by atoms with E-state index in [1.54, 1.807) is 42.5 Å². The molecule has 1 N–H and O–H groups in total. The number of para-hydroxylation sites is 2. The summed E-state index contributed by atoms with van der Waals surface area (Å²) < 4.78 is 16.7. The van der Waals surface area contributed by atoms with Crippen LogP contribution in [0.5, 0.6) is 17.2 Å². The van der Waals surface area contributed by atoms with Crippen LogP contribution >= 0.6 is 11.8 Å². The van der Waals surface area contributed by atoms with Crippen LogP contribution in [0.4, 0.5) is 10.5 Å². The van der Waals surface area contributed by atoms with Gasteiger partial charge in [-0.05, 0) is 70.9 Å². The van der Waals surface area contributed by atoms with Crippen LogP contribution in [0.3, 0.4) is 0 Å². The van der Waals surface area contributed by atoms with E-state index in [-0.39, 0.29) is 30.2 Å². The summed E-state index contributed by atoms with van der Waals surface area (Å²) in [5.41, 5.74) is 2.11. The number of fused-ring (bicyclic) bond motifs is 1. The van der Waals surface area contributed by atoms with E-state index in [0.717, 1.165) is 28.1 Å². The number of rotatable bonds is 10. The smallest absolute Gasteiger partial charge is 0.293 e. The van der Waals surface area contributed by atoms with Gasteiger partial charge in [-0.25, -0.2) is 0 Å². The molecule has 4 aromatic rings. The third kappa shape index (κ3) is 6.36. The van der Waals surface area contributed by atoms with Crippen LogP contribution in [-0.4, -0.2) is 42.3 Å². The Morgan fingerprint density at radius 1 is 0.902 bits per heavy atom. The van der Waals surface area contributed by atoms with Crippen LogP contribution in [0.2, 0.25) is 0 Å². The van der Waals surface area contributed by atoms with Gasteiger partial charge in [0.25, 0.3) is 17.1 Å². The fraction of sp³-hybridized carbons (Fsp3) is 0.156. The largest absolute Gasteiger partial charge is 0.493 e. The number of benzene rings is 4. The molecule has 4 aromatic carbocycles. The van der Waals surface area contributed by atoms with Crippen LogP contribution in [0.1, 0.15) is 18.1 Å². The molecule has 0 aliphatic carbocycles. The molecule has 1 fully saturated rings. The predicted molar refractivity (Wildman–Crippen MR) is 160 cm³/mol. The van der Waals surface area contributed by atoms with E-state index in [2.05, 4.69) is 5.32 Å². The number of hydrogen-bond acceptors (Lipinski definition) is 7. The summed E-state index contributed by atoms with van der Waals surface area (Å²) in [5, 5.41) is 4.52. The molecule has 5 rings (SSSR count). The SMILES string of the molecule is CCOc1ccccc1NC(=O)COc1ccc(/C=C2/SC(=O)N(Cc3cccc4ccccc34)C2=O)cc1OC. The van der Waals surface area contributed by atoms with Gasteiger partial charge < -0.3 is 19.5 Å². The van der Waals surface area contributed by atoms with Gasteiger partial charge in [-0.1, -0.05) is 60.7 Å². The highest BCUT2D eigenvalue weighted by atomic mass is 32.2. The number of carbonyl (C=O) groups is 3. The summed E-state index contributed by atoms with van der Waals surface area (Å²) in [6.07, 6.45) is 1.65. The zero-order valence-electron chi connectivity index (χ0n) is 22.6. The maximum absolute atomic E-state index is 13.2. The summed E-state index contributed by atoms with van der Waals surface area (Å²) in [7, 11) is 1.49. The lowest BCUT2D eigenvalue weighted by atomic mass is 10.0. The molecule has 0 spiro atoms. The lowest BCUT2D eigenvalue weighted by molar-refractivity contribution is -0.123. The third-order valence-electron chi connectivity index (χ3n) is 6.39. The topological polar surface area (TPSA) is 94.2 Å². The molecule has 8 nitrogen and oxygen atoms in total. The molecule has 0 radical (unpaired) electrons. The number of ether oxygens (including phenoxy) is 3. The molecule has 208 valence electrons. The Bertz CT molecular complexity index is 1650. The number of hydrogen-bond donors (Lipinski definition) is 1. The van der Waals surface area contributed by atoms with Crippen molar-refractivity contribution in [2.24, 2.45) is 0 Å². The first kappa shape index (κ1) is 27.8. The standard InChI is InChI=1S/C32H28N2O6S/c1-3-39-26-14-7-6-13-25(26)33-30(35)20-40-27-16-15-21(17-28(27)38-2)18-29-31(36)34(32(37)41-29)19-23-11-8-10-22-9-4-5-12-24(22)23/h4-18H,3,19-20H2,1-2H3,(H,33,35)/b29-18+. The van der Waals surface area contributed by atoms with Crippen LogP contribution in [-0.2, 0) is 16.1 Å². The molecule has 1 heterocycles. The summed E-state index contributed by atoms with van der Waals surface area (Å²) in [6.45, 7) is 2.29. The van der Waals surface area contributed by atoms with Crippen molar-refractivity contribution >= 4 is 51.4 Å². The van der Waals surface area contributed by atoms with Gasteiger partial charge in [-0.2, -0.15) is 0 Å². The Balaban J connectivity index is 1.26. The zero-order chi connectivity index (χ0) is 28.8. The normalized spacial score (nSPS) is 14.0. The van der Waals surface area contributed by atoms with Crippen molar-refractivity contribution in [3.05, 3.63) is 101 Å². The van der Waals surface area contributed by atoms with Crippen molar-refractivity contribution in [3.63, 3.8) is 0 Å². The van der Waals surface area contributed by atoms with Crippen molar-refractivity contribution < 1.29 is 28.6 Å². The van der Waals surface area contributed by atoms with Crippen molar-refractivity contribution in [1.29, 1.82) is 0 Å². The number of nitrogens with zero attached hydrogens (tertiary/aromatic N) is 1. The van der Waals surface area contributed by atoms with E-state index in [9.17, 15) is 14.4 Å². The van der Waals surface area contributed by atoms with Crippen molar-refractivity contribution in [3.8, 4) is 17.2 Å². The lowest BCUT2D eigenvalue weighted by Gasteiger charge is -2.14. The molecule has 1 saturated heterocycles. The van der Waals surface area contributed by atoms with Crippen molar-refractivity contribution in [2.45, 2.75) is 13.5 Å². The van der Waals surface area contributed by atoms with Gasteiger partial charge in [0.1, 0.15) is 5.75 Å². The van der Waals surface area contributed by atoms with Gasteiger partial charge in [0.05, 0.1) is 30.9 Å². The average Bonchev–Trinajstić information content (AvgIpc) is 3.24. The van der Waals surface area contributed by atoms with Crippen LogP contribution in [0.15, 0.2) is 89.8 Å². The molecule has 9 heteroatoms. The Morgan fingerprint density at radius 2 is 1.68 bits per heavy atom. The number of anilines is 1. The minimum atomic E-state index is -0.358. The quantitative estimate of drug-likeness (QED) is 0.218. The lowest BCUT2D eigenvalue weighted by Crippen LogP contribution is -2.27. The second kappa shape index (κ2) is 12.6. The molecule has 41 heavy (non-hydrogen) atoms. The van der Waals surface area contributed by atoms with Crippen molar-refractivity contribution in [1.82, 2.24) is 4.90 Å². The van der Waals surface area contributed by atoms with Crippen LogP contribution in [0, 0.1) is 0 Å². The van der Waals surface area contributed by atoms with Crippen molar-refractivity contribution in [2.75, 3.05) is 25.6 Å². The number of thioether (sulfide) groups is 1. The summed E-state index contributed by atoms with van der Waals surface area (Å²) in [4.78, 5) is 40.1. The number of amides is 3. The first-order valence-electron chi connectivity index (χ1n) is 13.0. The summed E-state index contributed by atoms with van der Waals surface area (Å²) in [6, 6.07) is 26.0. The van der Waals surface area contributed by atoms with Gasteiger partial charge in [-0.3, -0.25) is 19.3 Å². The van der Waals surface area contributed by atoms with E-state index in [1.807, 2.05) is 55.5 Å². The monoisotopic (exact) mass is 568 g/mol. The molecular weight excluding hydrogens is 540 g/mol. The maximum Gasteiger partial charge on any atom is 0.293 e. The number of carbonyl (C=O) groups excluding carboxylic acids is 3. The molecule has 3 amide bonds. The van der Waals surface area contributed by atoms with Gasteiger partial charge in [0.2, 0.25) is 0 Å². The minimum Gasteiger partial charge on any atom is -0.493 e. The summed E-state index contributed by atoms with van der Waals surface area (Å²) in [5.74, 6) is 0.615. The van der Waals surface area contributed by atoms with Gasteiger partial charge in [0, 0.05) is 0 Å². The van der Waals surface area contributed by atoms with E-state index in [4.69, 9.17) is 14.2 Å². The Morgan fingerprint density at radius 3 is 2.51 bits per heavy atom. The van der Waals surface area contributed by atoms with Gasteiger partial charge in [-0.15, -0.1) is 0 Å². The van der Waals surface area contributed by atoms with E-state index in [0.29, 0.717) is 40.0 Å². The second-order valence-corrected chi connectivity index (χ2v) is 10.1. The zero-order valence-corrected chi connectivity index (χ0v) is 23.4. The average molecular weight is 569 g/mol. The van der Waals surface area contributed by atoms with Gasteiger partial charge in [0.15, 0.2) is 18.1 Å². The van der Waals surface area contributed by atoms with E-state index < -0.39 is 0 Å². The number of imide groups is 1. The fourth-order valence-electron chi connectivity index (χ4n) is 4.46. The molecule has 1 aliphatic rings. The Kier molecular flexibility index (Phi) is 8.55. The Hall–Kier alpha value is -4.76. The summed E-state index contributed by atoms with van der Waals surface area (Å²) >= 11 is 0.902. The second-order valence-electron chi connectivity index (χ2n) is 9.08. The molecule has 0 bridgehead atoms. The predicted octanol–water partition coefficient (Wildman–Crippen LogP) is 6.50. The molecular formula is C32H28N2O6S. The van der Waals surface area contributed by atoms with E-state index in [1.165, 1.54) is 12.0 Å². The first-order valence-corrected chi connectivity index (χ1v) is 13.8. The highest BCUT2D eigenvalue weighted by Gasteiger charge is 2.35. The van der Waals surface area contributed by atoms with Gasteiger partial charge >= 0.3 is 0 Å². The Labute approximate surface area is 241 Å². The molecule has 0 saturated carbocycles. The fourth-order valence-corrected chi connectivity index (χ4v) is 5.30. The van der Waals surface area contributed by atoms with Crippen LogP contribution in [0.25, 0.3) is 16.8 Å². The van der Waals surface area contributed by atoms with E-state index >= 15 is 0 Å². The first-order chi connectivity index (χ1) is 20.0. The molecule has 0 atom stereocenters. The maximum atomic E-state index is 13.2. The molecule has 1 aliphatic heterocycles.